The summed E-state index contributed by atoms with van der Waals surface area (Å²) in [6, 6.07) is 8.35. The summed E-state index contributed by atoms with van der Waals surface area (Å²) in [7, 11) is 0. The monoisotopic (exact) mass is 372 g/mol. The molecule has 0 atom stereocenters. The lowest BCUT2D eigenvalue weighted by Gasteiger charge is -2.32. The number of quaternary nitrogens is 1. The number of thioether (sulfide) groups is 1. The number of benzene rings is 1. The molecular formula is C17H18N5O3S+. The van der Waals surface area contributed by atoms with Crippen LogP contribution >= 0.6 is 11.8 Å². The number of aliphatic imine (C=N–C) groups is 1. The molecule has 2 aliphatic heterocycles. The van der Waals surface area contributed by atoms with Gasteiger partial charge >= 0.3 is 0 Å². The Labute approximate surface area is 154 Å². The third-order valence-electron chi connectivity index (χ3n) is 4.32. The summed E-state index contributed by atoms with van der Waals surface area (Å²) >= 11 is 1.31. The molecule has 26 heavy (non-hydrogen) atoms. The molecule has 0 aliphatic carbocycles. The molecule has 0 saturated carbocycles. The Morgan fingerprint density at radius 1 is 1.42 bits per heavy atom. The topological polar surface area (TPSA) is 104 Å². The third kappa shape index (κ3) is 4.28. The van der Waals surface area contributed by atoms with Gasteiger partial charge in [0, 0.05) is 12.1 Å². The maximum Gasteiger partial charge on any atom is 0.286 e. The van der Waals surface area contributed by atoms with Gasteiger partial charge in [0.05, 0.1) is 55.0 Å². The second kappa shape index (κ2) is 8.12. The maximum atomic E-state index is 12.2. The lowest BCUT2D eigenvalue weighted by atomic mass is 10.2. The van der Waals surface area contributed by atoms with Gasteiger partial charge in [-0.1, -0.05) is 12.1 Å². The molecule has 2 aliphatic rings. The zero-order chi connectivity index (χ0) is 18.5. The van der Waals surface area contributed by atoms with Crippen LogP contribution < -0.4 is 4.90 Å². The first-order chi connectivity index (χ1) is 12.6. The molecule has 8 nitrogen and oxygen atoms in total. The Balaban J connectivity index is 1.63. The van der Waals surface area contributed by atoms with Crippen LogP contribution in [0.25, 0.3) is 6.08 Å². The Morgan fingerprint density at radius 2 is 2.19 bits per heavy atom. The van der Waals surface area contributed by atoms with Crippen LogP contribution in [0.4, 0.5) is 5.69 Å². The van der Waals surface area contributed by atoms with Crippen molar-refractivity contribution in [1.29, 1.82) is 5.26 Å². The van der Waals surface area contributed by atoms with Gasteiger partial charge < -0.3 is 9.80 Å². The second-order valence-corrected chi connectivity index (χ2v) is 7.07. The Morgan fingerprint density at radius 3 is 2.88 bits per heavy atom. The van der Waals surface area contributed by atoms with E-state index in [2.05, 4.69) is 16.0 Å². The molecule has 1 amide bonds. The van der Waals surface area contributed by atoms with Gasteiger partial charge in [-0.05, 0) is 23.4 Å². The SMILES string of the molecule is N#CCC[NH+]1CCN(C2=NC(=O)/C(=C/c3cccc([N+](=O)[O-])c3)S2)CC1. The van der Waals surface area contributed by atoms with E-state index in [4.69, 9.17) is 5.26 Å². The van der Waals surface area contributed by atoms with E-state index < -0.39 is 4.92 Å². The van der Waals surface area contributed by atoms with Gasteiger partial charge in [-0.15, -0.1) is 0 Å². The van der Waals surface area contributed by atoms with Crippen LogP contribution in [0.1, 0.15) is 12.0 Å². The van der Waals surface area contributed by atoms with Crippen molar-refractivity contribution in [2.24, 2.45) is 4.99 Å². The number of nitriles is 1. The van der Waals surface area contributed by atoms with E-state index in [1.807, 2.05) is 0 Å². The highest BCUT2D eigenvalue weighted by molar-refractivity contribution is 8.18. The molecule has 1 aromatic rings. The van der Waals surface area contributed by atoms with Crippen molar-refractivity contribution < 1.29 is 14.6 Å². The van der Waals surface area contributed by atoms with Crippen molar-refractivity contribution in [1.82, 2.24) is 4.90 Å². The summed E-state index contributed by atoms with van der Waals surface area (Å²) in [5.41, 5.74) is 0.602. The van der Waals surface area contributed by atoms with Gasteiger partial charge in [-0.3, -0.25) is 14.9 Å². The van der Waals surface area contributed by atoms with Crippen LogP contribution in [-0.4, -0.2) is 53.6 Å². The minimum absolute atomic E-state index is 0.00703. The molecule has 134 valence electrons. The molecule has 0 aromatic heterocycles. The van der Waals surface area contributed by atoms with Crippen LogP contribution in [0.5, 0.6) is 0 Å². The molecule has 0 unspecified atom stereocenters. The van der Waals surface area contributed by atoms with Crippen LogP contribution in [0.3, 0.4) is 0 Å². The number of amidine groups is 1. The zero-order valence-corrected chi connectivity index (χ0v) is 14.9. The van der Waals surface area contributed by atoms with Gasteiger partial charge in [0.15, 0.2) is 5.17 Å². The standard InChI is InChI=1S/C17H17N5O3S/c18-5-2-6-20-7-9-21(10-8-20)17-19-16(23)15(26-17)12-13-3-1-4-14(11-13)22(24)25/h1,3-4,11-12H,2,6-10H2/p+1/b15-12-. The average Bonchev–Trinajstić information content (AvgIpc) is 3.01. The third-order valence-corrected chi connectivity index (χ3v) is 5.36. The van der Waals surface area contributed by atoms with E-state index in [0.29, 0.717) is 22.1 Å². The Hall–Kier alpha value is -2.70. The highest BCUT2D eigenvalue weighted by Gasteiger charge is 2.29. The van der Waals surface area contributed by atoms with Crippen molar-refractivity contribution in [2.75, 3.05) is 32.7 Å². The summed E-state index contributed by atoms with van der Waals surface area (Å²) in [6.45, 7) is 4.27. The molecule has 1 N–H and O–H groups in total. The van der Waals surface area contributed by atoms with Crippen molar-refractivity contribution in [3.63, 3.8) is 0 Å². The normalized spacial score (nSPS) is 19.5. The number of amides is 1. The molecule has 9 heteroatoms. The largest absolute Gasteiger partial charge is 0.339 e. The highest BCUT2D eigenvalue weighted by Crippen LogP contribution is 2.30. The number of hydrogen-bond donors (Lipinski definition) is 1. The lowest BCUT2D eigenvalue weighted by Crippen LogP contribution is -3.14. The summed E-state index contributed by atoms with van der Waals surface area (Å²) < 4.78 is 0. The first kappa shape index (κ1) is 18.1. The smallest absolute Gasteiger partial charge is 0.286 e. The predicted octanol–water partition coefficient (Wildman–Crippen LogP) is 0.679. The molecular weight excluding hydrogens is 354 g/mol. The van der Waals surface area contributed by atoms with Crippen LogP contribution in [0, 0.1) is 21.4 Å². The number of nitro benzene ring substituents is 1. The fraction of sp³-hybridized carbons (Fsp3) is 0.353. The predicted molar refractivity (Wildman–Crippen MR) is 98.5 cm³/mol. The number of nitrogens with one attached hydrogen (secondary N) is 1. The molecule has 1 aromatic carbocycles. The molecule has 0 bridgehead atoms. The zero-order valence-electron chi connectivity index (χ0n) is 14.1. The number of carbonyl (C=O) groups excluding carboxylic acids is 1. The molecule has 3 rings (SSSR count). The number of nitro groups is 1. The fourth-order valence-corrected chi connectivity index (χ4v) is 3.87. The van der Waals surface area contributed by atoms with Crippen LogP contribution in [0.15, 0.2) is 34.2 Å². The number of piperazine rings is 1. The van der Waals surface area contributed by atoms with Gasteiger partial charge in [0.1, 0.15) is 0 Å². The van der Waals surface area contributed by atoms with E-state index in [0.717, 1.165) is 32.7 Å². The molecule has 1 fully saturated rings. The number of nitrogens with zero attached hydrogens (tertiary/aromatic N) is 4. The van der Waals surface area contributed by atoms with Gasteiger partial charge in [-0.25, -0.2) is 0 Å². The Bertz CT molecular complexity index is 822. The summed E-state index contributed by atoms with van der Waals surface area (Å²) in [5.74, 6) is -0.309. The first-order valence-electron chi connectivity index (χ1n) is 8.29. The highest BCUT2D eigenvalue weighted by atomic mass is 32.2. The van der Waals surface area contributed by atoms with Crippen molar-refractivity contribution in [3.05, 3.63) is 44.8 Å². The lowest BCUT2D eigenvalue weighted by molar-refractivity contribution is -0.903. The van der Waals surface area contributed by atoms with E-state index in [1.54, 1.807) is 18.2 Å². The number of carbonyl (C=O) groups is 1. The second-order valence-electron chi connectivity index (χ2n) is 6.06. The first-order valence-corrected chi connectivity index (χ1v) is 9.11. The quantitative estimate of drug-likeness (QED) is 0.473. The van der Waals surface area contributed by atoms with E-state index in [-0.39, 0.29) is 11.6 Å². The number of rotatable bonds is 4. The average molecular weight is 372 g/mol. The van der Waals surface area contributed by atoms with Crippen LogP contribution in [0.2, 0.25) is 0 Å². The number of hydrogen-bond acceptors (Lipinski definition) is 6. The van der Waals surface area contributed by atoms with E-state index >= 15 is 0 Å². The van der Waals surface area contributed by atoms with Gasteiger partial charge in [-0.2, -0.15) is 10.3 Å². The Kier molecular flexibility index (Phi) is 5.65. The van der Waals surface area contributed by atoms with Crippen molar-refractivity contribution in [3.8, 4) is 6.07 Å². The number of non-ortho nitro benzene ring substituents is 1. The molecule has 2 heterocycles. The minimum atomic E-state index is -0.457. The van der Waals surface area contributed by atoms with Crippen molar-refractivity contribution in [2.45, 2.75) is 6.42 Å². The van der Waals surface area contributed by atoms with Crippen molar-refractivity contribution >= 4 is 34.6 Å². The molecule has 0 radical (unpaired) electrons. The fourth-order valence-electron chi connectivity index (χ4n) is 2.91. The maximum absolute atomic E-state index is 12.2. The molecule has 1 saturated heterocycles. The molecule has 0 spiro atoms. The summed E-state index contributed by atoms with van der Waals surface area (Å²) in [4.78, 5) is 30.7. The summed E-state index contributed by atoms with van der Waals surface area (Å²) in [5, 5.41) is 20.2. The van der Waals surface area contributed by atoms with Crippen LogP contribution in [-0.2, 0) is 4.79 Å². The van der Waals surface area contributed by atoms with Gasteiger partial charge in [0.25, 0.3) is 11.6 Å². The minimum Gasteiger partial charge on any atom is -0.339 e. The van der Waals surface area contributed by atoms with E-state index in [9.17, 15) is 14.9 Å². The summed E-state index contributed by atoms with van der Waals surface area (Å²) in [6.07, 6.45) is 2.20. The van der Waals surface area contributed by atoms with Gasteiger partial charge in [0.2, 0.25) is 0 Å². The van der Waals surface area contributed by atoms with E-state index in [1.165, 1.54) is 28.8 Å².